The summed E-state index contributed by atoms with van der Waals surface area (Å²) < 4.78 is 0. The van der Waals surface area contributed by atoms with Gasteiger partial charge in [0.2, 0.25) is 5.91 Å². The minimum absolute atomic E-state index is 0. The minimum atomic E-state index is 0. The fourth-order valence-corrected chi connectivity index (χ4v) is 2.03. The van der Waals surface area contributed by atoms with Crippen LogP contribution in [0, 0.1) is 5.92 Å². The first-order valence-corrected chi connectivity index (χ1v) is 5.71. The second-order valence-corrected chi connectivity index (χ2v) is 4.15. The Balaban J connectivity index is 0.00000196. The zero-order chi connectivity index (χ0) is 10.6. The first-order valence-electron chi connectivity index (χ1n) is 5.71. The lowest BCUT2D eigenvalue weighted by Gasteiger charge is -2.34. The summed E-state index contributed by atoms with van der Waals surface area (Å²) >= 11 is 0. The number of carbonyl (C=O) groups excluding carboxylic acids is 1. The van der Waals surface area contributed by atoms with Crippen LogP contribution in [0.1, 0.15) is 33.6 Å². The molecule has 0 spiro atoms. The fraction of sp³-hybridized carbons (Fsp3) is 0.909. The molecule has 0 aromatic rings. The molecule has 1 aliphatic rings. The Morgan fingerprint density at radius 3 is 2.53 bits per heavy atom. The molecule has 90 valence electrons. The van der Waals surface area contributed by atoms with Crippen LogP contribution in [0.25, 0.3) is 0 Å². The summed E-state index contributed by atoms with van der Waals surface area (Å²) in [5, 5.41) is 3.35. The molecule has 1 fully saturated rings. The van der Waals surface area contributed by atoms with Crippen LogP contribution in [0.2, 0.25) is 0 Å². The smallest absolute Gasteiger partial charge is 0.225 e. The van der Waals surface area contributed by atoms with Gasteiger partial charge in [-0.1, -0.05) is 13.8 Å². The molecule has 0 saturated carbocycles. The zero-order valence-corrected chi connectivity index (χ0v) is 10.8. The van der Waals surface area contributed by atoms with Crippen molar-refractivity contribution >= 4 is 18.3 Å². The second-order valence-electron chi connectivity index (χ2n) is 4.15. The maximum atomic E-state index is 12.0. The highest BCUT2D eigenvalue weighted by atomic mass is 35.5. The van der Waals surface area contributed by atoms with Gasteiger partial charge in [0.05, 0.1) is 0 Å². The predicted molar refractivity (Wildman–Crippen MR) is 65.4 cm³/mol. The molecule has 0 aromatic carbocycles. The number of hydrogen-bond acceptors (Lipinski definition) is 2. The SMILES string of the molecule is CCC(CC)C(=O)N1CCN[C@@H](C)C1.Cl. The van der Waals surface area contributed by atoms with Crippen molar-refractivity contribution in [3.05, 3.63) is 0 Å². The molecular formula is C11H23ClN2O. The lowest BCUT2D eigenvalue weighted by atomic mass is 10.0. The van der Waals surface area contributed by atoms with Gasteiger partial charge in [-0.2, -0.15) is 0 Å². The monoisotopic (exact) mass is 234 g/mol. The molecule has 0 unspecified atom stereocenters. The third-order valence-electron chi connectivity index (χ3n) is 3.02. The topological polar surface area (TPSA) is 32.3 Å². The summed E-state index contributed by atoms with van der Waals surface area (Å²) in [6, 6.07) is 0.446. The maximum Gasteiger partial charge on any atom is 0.225 e. The second kappa shape index (κ2) is 7.07. The van der Waals surface area contributed by atoms with Crippen LogP contribution in [0.15, 0.2) is 0 Å². The van der Waals surface area contributed by atoms with Gasteiger partial charge in [-0.25, -0.2) is 0 Å². The molecule has 0 aliphatic carbocycles. The third kappa shape index (κ3) is 3.99. The largest absolute Gasteiger partial charge is 0.340 e. The van der Waals surface area contributed by atoms with Gasteiger partial charge < -0.3 is 10.2 Å². The average Bonchev–Trinajstić information content (AvgIpc) is 2.19. The van der Waals surface area contributed by atoms with E-state index >= 15 is 0 Å². The van der Waals surface area contributed by atoms with Gasteiger partial charge in [0.25, 0.3) is 0 Å². The molecule has 1 amide bonds. The Morgan fingerprint density at radius 1 is 1.47 bits per heavy atom. The van der Waals surface area contributed by atoms with E-state index < -0.39 is 0 Å². The molecule has 1 aliphatic heterocycles. The van der Waals surface area contributed by atoms with E-state index in [1.54, 1.807) is 0 Å². The summed E-state index contributed by atoms with van der Waals surface area (Å²) in [4.78, 5) is 14.0. The maximum absolute atomic E-state index is 12.0. The van der Waals surface area contributed by atoms with E-state index in [0.29, 0.717) is 11.9 Å². The molecule has 1 heterocycles. The molecule has 15 heavy (non-hydrogen) atoms. The highest BCUT2D eigenvalue weighted by molar-refractivity contribution is 5.85. The van der Waals surface area contributed by atoms with Gasteiger partial charge >= 0.3 is 0 Å². The first-order chi connectivity index (χ1) is 6.69. The first kappa shape index (κ1) is 14.7. The van der Waals surface area contributed by atoms with Crippen LogP contribution >= 0.6 is 12.4 Å². The number of piperazine rings is 1. The molecule has 3 nitrogen and oxygen atoms in total. The summed E-state index contributed by atoms with van der Waals surface area (Å²) in [7, 11) is 0. The van der Waals surface area contributed by atoms with E-state index in [-0.39, 0.29) is 18.3 Å². The lowest BCUT2D eigenvalue weighted by molar-refractivity contribution is -0.136. The van der Waals surface area contributed by atoms with E-state index in [0.717, 1.165) is 32.5 Å². The van der Waals surface area contributed by atoms with Crippen molar-refractivity contribution in [1.82, 2.24) is 10.2 Å². The number of halogens is 1. The molecule has 1 saturated heterocycles. The van der Waals surface area contributed by atoms with Gasteiger partial charge in [0.15, 0.2) is 0 Å². The zero-order valence-electron chi connectivity index (χ0n) is 9.95. The average molecular weight is 235 g/mol. The van der Waals surface area contributed by atoms with Crippen molar-refractivity contribution in [2.75, 3.05) is 19.6 Å². The molecule has 1 atom stereocenters. The van der Waals surface area contributed by atoms with E-state index in [9.17, 15) is 4.79 Å². The Hall–Kier alpha value is -0.280. The van der Waals surface area contributed by atoms with Gasteiger partial charge in [-0.15, -0.1) is 12.4 Å². The Bertz CT molecular complexity index is 195. The number of hydrogen-bond donors (Lipinski definition) is 1. The molecule has 1 rings (SSSR count). The number of amides is 1. The van der Waals surface area contributed by atoms with Crippen molar-refractivity contribution in [2.24, 2.45) is 5.92 Å². The Morgan fingerprint density at radius 2 is 2.07 bits per heavy atom. The predicted octanol–water partition coefficient (Wildman–Crippen LogP) is 1.66. The van der Waals surface area contributed by atoms with Crippen molar-refractivity contribution in [2.45, 2.75) is 39.7 Å². The van der Waals surface area contributed by atoms with E-state index in [4.69, 9.17) is 0 Å². The van der Waals surface area contributed by atoms with Gasteiger partial charge in [0, 0.05) is 31.6 Å². The van der Waals surface area contributed by atoms with Crippen LogP contribution in [0.4, 0.5) is 0 Å². The summed E-state index contributed by atoms with van der Waals surface area (Å²) in [5.41, 5.74) is 0. The normalized spacial score (nSPS) is 21.3. The number of nitrogens with one attached hydrogen (secondary N) is 1. The quantitative estimate of drug-likeness (QED) is 0.806. The Labute approximate surface area is 99.0 Å². The van der Waals surface area contributed by atoms with Crippen molar-refractivity contribution in [1.29, 1.82) is 0 Å². The van der Waals surface area contributed by atoms with Crippen LogP contribution in [0.3, 0.4) is 0 Å². The van der Waals surface area contributed by atoms with E-state index in [2.05, 4.69) is 26.1 Å². The van der Waals surface area contributed by atoms with Gasteiger partial charge in [-0.3, -0.25) is 4.79 Å². The molecule has 0 bridgehead atoms. The third-order valence-corrected chi connectivity index (χ3v) is 3.02. The summed E-state index contributed by atoms with van der Waals surface area (Å²) in [6.07, 6.45) is 1.93. The van der Waals surface area contributed by atoms with Crippen molar-refractivity contribution in [3.8, 4) is 0 Å². The standard InChI is InChI=1S/C11H22N2O.ClH/c1-4-10(5-2)11(14)13-7-6-12-9(3)8-13;/h9-10,12H,4-8H2,1-3H3;1H/t9-;/m0./s1. The molecule has 4 heteroatoms. The Kier molecular flexibility index (Phi) is 6.94. The molecule has 1 N–H and O–H groups in total. The number of rotatable bonds is 3. The van der Waals surface area contributed by atoms with Crippen LogP contribution < -0.4 is 5.32 Å². The minimum Gasteiger partial charge on any atom is -0.340 e. The lowest BCUT2D eigenvalue weighted by Crippen LogP contribution is -2.52. The highest BCUT2D eigenvalue weighted by Crippen LogP contribution is 2.13. The van der Waals surface area contributed by atoms with Crippen molar-refractivity contribution in [3.63, 3.8) is 0 Å². The number of nitrogens with zero attached hydrogens (tertiary/aromatic N) is 1. The molecular weight excluding hydrogens is 212 g/mol. The number of carbonyl (C=O) groups is 1. The van der Waals surface area contributed by atoms with E-state index in [1.165, 1.54) is 0 Å². The van der Waals surface area contributed by atoms with Crippen LogP contribution in [-0.2, 0) is 4.79 Å². The van der Waals surface area contributed by atoms with Crippen LogP contribution in [-0.4, -0.2) is 36.5 Å². The van der Waals surface area contributed by atoms with Crippen molar-refractivity contribution < 1.29 is 4.79 Å². The fourth-order valence-electron chi connectivity index (χ4n) is 2.03. The van der Waals surface area contributed by atoms with Crippen LogP contribution in [0.5, 0.6) is 0 Å². The molecule has 0 aromatic heterocycles. The summed E-state index contributed by atoms with van der Waals surface area (Å²) in [5.74, 6) is 0.587. The highest BCUT2D eigenvalue weighted by Gasteiger charge is 2.24. The molecule has 0 radical (unpaired) electrons. The summed E-state index contributed by atoms with van der Waals surface area (Å²) in [6.45, 7) is 9.00. The van der Waals surface area contributed by atoms with E-state index in [1.807, 2.05) is 4.90 Å². The van der Waals surface area contributed by atoms with Gasteiger partial charge in [0.1, 0.15) is 0 Å². The van der Waals surface area contributed by atoms with Gasteiger partial charge in [-0.05, 0) is 19.8 Å².